The van der Waals surface area contributed by atoms with Gasteiger partial charge in [0.15, 0.2) is 17.3 Å². The van der Waals surface area contributed by atoms with Gasteiger partial charge in [0.25, 0.3) is 0 Å². The van der Waals surface area contributed by atoms with Gasteiger partial charge in [0.2, 0.25) is 0 Å². The molecule has 3 aromatic rings. The second kappa shape index (κ2) is 8.94. The summed E-state index contributed by atoms with van der Waals surface area (Å²) < 4.78 is 36.5. The molecule has 0 aliphatic rings. The molecule has 0 saturated carbocycles. The number of imidazole rings is 1. The summed E-state index contributed by atoms with van der Waals surface area (Å²) in [5.74, 6) is -0.0273. The van der Waals surface area contributed by atoms with Crippen molar-refractivity contribution in [1.82, 2.24) is 9.55 Å². The first-order chi connectivity index (χ1) is 13.6. The van der Waals surface area contributed by atoms with E-state index in [0.29, 0.717) is 17.7 Å². The number of halogens is 2. The summed E-state index contributed by atoms with van der Waals surface area (Å²) >= 11 is 0. The topological polar surface area (TPSA) is 53.4 Å². The number of hydrogen-bond acceptors (Lipinski definition) is 4. The molecule has 0 saturated heterocycles. The summed E-state index contributed by atoms with van der Waals surface area (Å²) in [6.07, 6.45) is 8.18. The van der Waals surface area contributed by atoms with E-state index in [1.165, 1.54) is 12.1 Å². The predicted molar refractivity (Wildman–Crippen MR) is 101 cm³/mol. The summed E-state index contributed by atoms with van der Waals surface area (Å²) in [6.45, 7) is -0.895. The Kier molecular flexibility index (Phi) is 6.16. The van der Waals surface area contributed by atoms with Gasteiger partial charge >= 0.3 is 6.61 Å². The number of carbonyl (C=O) groups is 1. The third kappa shape index (κ3) is 4.82. The Bertz CT molecular complexity index is 952. The van der Waals surface area contributed by atoms with E-state index in [2.05, 4.69) is 9.72 Å². The zero-order valence-electron chi connectivity index (χ0n) is 15.1. The molecule has 0 amide bonds. The highest BCUT2D eigenvalue weighted by molar-refractivity contribution is 6.06. The number of benzene rings is 2. The maximum atomic E-state index is 12.5. The van der Waals surface area contributed by atoms with E-state index >= 15 is 0 Å². The first kappa shape index (κ1) is 19.3. The van der Waals surface area contributed by atoms with E-state index in [-0.39, 0.29) is 17.3 Å². The van der Waals surface area contributed by atoms with E-state index in [9.17, 15) is 13.6 Å². The first-order valence-electron chi connectivity index (χ1n) is 8.59. The lowest BCUT2D eigenvalue weighted by Crippen LogP contribution is -2.04. The van der Waals surface area contributed by atoms with Crippen LogP contribution in [0.5, 0.6) is 11.5 Å². The van der Waals surface area contributed by atoms with Crippen LogP contribution in [0, 0.1) is 0 Å². The highest BCUT2D eigenvalue weighted by Crippen LogP contribution is 2.30. The molecule has 0 bridgehead atoms. The Hall–Kier alpha value is -3.48. The molecular weight excluding hydrogens is 366 g/mol. The number of ketones is 1. The lowest BCUT2D eigenvalue weighted by atomic mass is 10.1. The second-order valence-electron chi connectivity index (χ2n) is 5.73. The van der Waals surface area contributed by atoms with Crippen LogP contribution in [0.15, 0.2) is 67.3 Å². The van der Waals surface area contributed by atoms with Gasteiger partial charge in [-0.05, 0) is 55.0 Å². The maximum absolute atomic E-state index is 12.5. The van der Waals surface area contributed by atoms with Gasteiger partial charge in [-0.1, -0.05) is 12.1 Å². The minimum atomic E-state index is -2.94. The van der Waals surface area contributed by atoms with E-state index < -0.39 is 6.61 Å². The van der Waals surface area contributed by atoms with Crippen molar-refractivity contribution in [2.24, 2.45) is 0 Å². The highest BCUT2D eigenvalue weighted by Gasteiger charge is 2.11. The first-order valence-corrected chi connectivity index (χ1v) is 8.59. The number of aromatic nitrogens is 2. The Balaban J connectivity index is 1.73. The van der Waals surface area contributed by atoms with Crippen LogP contribution in [0.25, 0.3) is 11.8 Å². The predicted octanol–water partition coefficient (Wildman–Crippen LogP) is 4.77. The van der Waals surface area contributed by atoms with Crippen molar-refractivity contribution in [3.63, 3.8) is 0 Å². The van der Waals surface area contributed by atoms with Crippen molar-refractivity contribution in [3.05, 3.63) is 78.4 Å². The minimum Gasteiger partial charge on any atom is -0.490 e. The van der Waals surface area contributed by atoms with Gasteiger partial charge in [0, 0.05) is 23.6 Å². The Labute approximate surface area is 160 Å². The molecule has 0 N–H and O–H groups in total. The average molecular weight is 384 g/mol. The second-order valence-corrected chi connectivity index (χ2v) is 5.73. The fourth-order valence-corrected chi connectivity index (χ4v) is 2.57. The van der Waals surface area contributed by atoms with Crippen molar-refractivity contribution >= 4 is 11.9 Å². The van der Waals surface area contributed by atoms with Crippen LogP contribution in [0.2, 0.25) is 0 Å². The van der Waals surface area contributed by atoms with Crippen molar-refractivity contribution in [1.29, 1.82) is 0 Å². The van der Waals surface area contributed by atoms with Crippen LogP contribution >= 0.6 is 0 Å². The minimum absolute atomic E-state index is 0.0459. The SMILES string of the molecule is CCOc1cc(/C=C/C(=O)c2ccc(-n3ccnc3)cc2)ccc1OC(F)F. The maximum Gasteiger partial charge on any atom is 0.387 e. The van der Waals surface area contributed by atoms with Crippen LogP contribution in [-0.2, 0) is 0 Å². The van der Waals surface area contributed by atoms with E-state index in [0.717, 1.165) is 5.69 Å². The fourth-order valence-electron chi connectivity index (χ4n) is 2.57. The Morgan fingerprint density at radius 2 is 1.96 bits per heavy atom. The summed E-state index contributed by atoms with van der Waals surface area (Å²) in [6, 6.07) is 11.6. The van der Waals surface area contributed by atoms with Gasteiger partial charge in [-0.3, -0.25) is 4.79 Å². The fraction of sp³-hybridized carbons (Fsp3) is 0.143. The molecule has 5 nitrogen and oxygen atoms in total. The van der Waals surface area contributed by atoms with Crippen molar-refractivity contribution in [2.75, 3.05) is 6.61 Å². The molecule has 0 unspecified atom stereocenters. The van der Waals surface area contributed by atoms with Crippen molar-refractivity contribution in [3.8, 4) is 17.2 Å². The average Bonchev–Trinajstić information content (AvgIpc) is 3.22. The zero-order valence-corrected chi connectivity index (χ0v) is 15.1. The molecule has 2 aromatic carbocycles. The quantitative estimate of drug-likeness (QED) is 0.415. The Morgan fingerprint density at radius 1 is 1.18 bits per heavy atom. The molecule has 1 aromatic heterocycles. The molecule has 0 atom stereocenters. The number of nitrogens with zero attached hydrogens (tertiary/aromatic N) is 2. The molecule has 0 aliphatic heterocycles. The van der Waals surface area contributed by atoms with E-state index in [4.69, 9.17) is 4.74 Å². The third-order valence-corrected chi connectivity index (χ3v) is 3.87. The van der Waals surface area contributed by atoms with Crippen LogP contribution in [-0.4, -0.2) is 28.6 Å². The molecule has 0 spiro atoms. The van der Waals surface area contributed by atoms with Crippen molar-refractivity contribution < 1.29 is 23.0 Å². The van der Waals surface area contributed by atoms with Crippen LogP contribution in [0.4, 0.5) is 8.78 Å². The van der Waals surface area contributed by atoms with Gasteiger partial charge in [-0.25, -0.2) is 4.98 Å². The summed E-state index contributed by atoms with van der Waals surface area (Å²) in [4.78, 5) is 16.4. The third-order valence-electron chi connectivity index (χ3n) is 3.87. The number of ether oxygens (including phenoxy) is 2. The Morgan fingerprint density at radius 3 is 2.61 bits per heavy atom. The molecular formula is C21H18F2N2O3. The summed E-state index contributed by atoms with van der Waals surface area (Å²) in [5, 5.41) is 0. The molecule has 144 valence electrons. The molecule has 1 heterocycles. The molecule has 3 rings (SSSR count). The summed E-state index contributed by atoms with van der Waals surface area (Å²) in [5.41, 5.74) is 2.06. The lowest BCUT2D eigenvalue weighted by molar-refractivity contribution is -0.0514. The molecule has 0 aliphatic carbocycles. The largest absolute Gasteiger partial charge is 0.490 e. The number of rotatable bonds is 8. The molecule has 28 heavy (non-hydrogen) atoms. The number of carbonyl (C=O) groups excluding carboxylic acids is 1. The van der Waals surface area contributed by atoms with E-state index in [1.54, 1.807) is 49.8 Å². The standard InChI is InChI=1S/C21H18F2N2O3/c1-2-27-20-13-15(4-10-19(20)28-21(22)23)3-9-18(26)16-5-7-17(8-6-16)25-12-11-24-14-25/h3-14,21H,2H2,1H3/b9-3+. The number of alkyl halides is 2. The normalized spacial score (nSPS) is 11.1. The summed E-state index contributed by atoms with van der Waals surface area (Å²) in [7, 11) is 0. The van der Waals surface area contributed by atoms with Gasteiger partial charge in [0.1, 0.15) is 0 Å². The zero-order chi connectivity index (χ0) is 19.9. The van der Waals surface area contributed by atoms with Crippen LogP contribution < -0.4 is 9.47 Å². The molecule has 0 radical (unpaired) electrons. The van der Waals surface area contributed by atoms with Crippen LogP contribution in [0.1, 0.15) is 22.8 Å². The smallest absolute Gasteiger partial charge is 0.387 e. The van der Waals surface area contributed by atoms with Gasteiger partial charge in [0.05, 0.1) is 12.9 Å². The lowest BCUT2D eigenvalue weighted by Gasteiger charge is -2.11. The monoisotopic (exact) mass is 384 g/mol. The molecule has 7 heteroatoms. The van der Waals surface area contributed by atoms with Gasteiger partial charge in [-0.15, -0.1) is 0 Å². The number of allylic oxidation sites excluding steroid dienone is 1. The van der Waals surface area contributed by atoms with Crippen molar-refractivity contribution in [2.45, 2.75) is 13.5 Å². The number of hydrogen-bond donors (Lipinski definition) is 0. The molecule has 0 fully saturated rings. The van der Waals surface area contributed by atoms with Crippen LogP contribution in [0.3, 0.4) is 0 Å². The van der Waals surface area contributed by atoms with Gasteiger partial charge < -0.3 is 14.0 Å². The van der Waals surface area contributed by atoms with Gasteiger partial charge in [-0.2, -0.15) is 8.78 Å². The van der Waals surface area contributed by atoms with E-state index in [1.807, 2.05) is 22.9 Å². The highest BCUT2D eigenvalue weighted by atomic mass is 19.3.